The Bertz CT molecular complexity index is 780. The van der Waals surface area contributed by atoms with Crippen molar-refractivity contribution < 1.29 is 14.7 Å². The van der Waals surface area contributed by atoms with Crippen molar-refractivity contribution in [2.75, 3.05) is 5.32 Å². The van der Waals surface area contributed by atoms with Crippen molar-refractivity contribution in [2.24, 2.45) is 11.8 Å². The van der Waals surface area contributed by atoms with E-state index in [2.05, 4.69) is 10.3 Å². The summed E-state index contributed by atoms with van der Waals surface area (Å²) in [5, 5.41) is 14.4. The predicted molar refractivity (Wildman–Crippen MR) is 93.9 cm³/mol. The van der Waals surface area contributed by atoms with Gasteiger partial charge in [-0.15, -0.1) is 11.3 Å². The molecule has 3 rings (SSSR count). The van der Waals surface area contributed by atoms with E-state index in [9.17, 15) is 14.7 Å². The van der Waals surface area contributed by atoms with Crippen LogP contribution < -0.4 is 5.32 Å². The van der Waals surface area contributed by atoms with Crippen LogP contribution in [-0.2, 0) is 9.59 Å². The quantitative estimate of drug-likeness (QED) is 0.830. The van der Waals surface area contributed by atoms with E-state index in [0.717, 1.165) is 11.3 Å². The second-order valence-corrected chi connectivity index (χ2v) is 6.75. The van der Waals surface area contributed by atoms with Gasteiger partial charge in [0.2, 0.25) is 5.91 Å². The van der Waals surface area contributed by atoms with Gasteiger partial charge in [-0.3, -0.25) is 9.59 Å². The molecule has 2 N–H and O–H groups in total. The number of allylic oxidation sites excluding steroid dienone is 2. The lowest BCUT2D eigenvalue weighted by molar-refractivity contribution is -0.146. The molecule has 1 aliphatic carbocycles. The molecular weight excluding hydrogens is 324 g/mol. The molecule has 0 aliphatic heterocycles. The van der Waals surface area contributed by atoms with Crippen molar-refractivity contribution >= 4 is 28.3 Å². The number of nitrogens with one attached hydrogen (secondary N) is 1. The molecule has 0 fully saturated rings. The fraction of sp³-hybridized carbons (Fsp3) is 0.278. The number of carbonyl (C=O) groups excluding carboxylic acids is 1. The zero-order valence-electron chi connectivity index (χ0n) is 13.2. The van der Waals surface area contributed by atoms with Crippen molar-refractivity contribution in [3.63, 3.8) is 0 Å². The maximum atomic E-state index is 12.4. The molecule has 1 aromatic heterocycles. The highest BCUT2D eigenvalue weighted by molar-refractivity contribution is 7.14. The van der Waals surface area contributed by atoms with E-state index in [1.807, 2.05) is 48.7 Å². The molecule has 0 spiro atoms. The summed E-state index contributed by atoms with van der Waals surface area (Å²) in [5.74, 6) is -2.44. The minimum atomic E-state index is -0.931. The third-order valence-electron chi connectivity index (χ3n) is 4.17. The Morgan fingerprint density at radius 1 is 1.17 bits per heavy atom. The minimum absolute atomic E-state index is 0.281. The third-order valence-corrected chi connectivity index (χ3v) is 4.93. The SMILES string of the molecule is Cc1ccc(-c2csc(NC(=O)[C@H]3CC=CC[C@@H]3C(=O)O)n2)cc1. The molecule has 1 aromatic carbocycles. The molecule has 1 heterocycles. The van der Waals surface area contributed by atoms with Gasteiger partial charge in [0.25, 0.3) is 0 Å². The second kappa shape index (κ2) is 6.97. The van der Waals surface area contributed by atoms with Gasteiger partial charge in [-0.25, -0.2) is 4.98 Å². The summed E-state index contributed by atoms with van der Waals surface area (Å²) in [4.78, 5) is 28.2. The number of aromatic nitrogens is 1. The molecule has 24 heavy (non-hydrogen) atoms. The number of hydrogen-bond donors (Lipinski definition) is 2. The van der Waals surface area contributed by atoms with Crippen LogP contribution in [0.1, 0.15) is 18.4 Å². The highest BCUT2D eigenvalue weighted by Crippen LogP contribution is 2.29. The van der Waals surface area contributed by atoms with Gasteiger partial charge in [-0.2, -0.15) is 0 Å². The molecule has 2 atom stereocenters. The lowest BCUT2D eigenvalue weighted by Crippen LogP contribution is -2.34. The van der Waals surface area contributed by atoms with Crippen LogP contribution in [0.2, 0.25) is 0 Å². The van der Waals surface area contributed by atoms with Crippen LogP contribution in [0.3, 0.4) is 0 Å². The zero-order chi connectivity index (χ0) is 17.1. The smallest absolute Gasteiger partial charge is 0.307 e. The molecule has 2 aromatic rings. The fourth-order valence-corrected chi connectivity index (χ4v) is 3.49. The molecule has 0 bridgehead atoms. The molecule has 0 unspecified atom stereocenters. The van der Waals surface area contributed by atoms with E-state index in [0.29, 0.717) is 18.0 Å². The first kappa shape index (κ1) is 16.4. The van der Waals surface area contributed by atoms with Gasteiger partial charge in [0.1, 0.15) is 0 Å². The van der Waals surface area contributed by atoms with Gasteiger partial charge in [-0.1, -0.05) is 42.0 Å². The maximum Gasteiger partial charge on any atom is 0.307 e. The number of rotatable bonds is 4. The van der Waals surface area contributed by atoms with E-state index < -0.39 is 17.8 Å². The Kier molecular flexibility index (Phi) is 4.76. The van der Waals surface area contributed by atoms with Crippen molar-refractivity contribution in [3.05, 3.63) is 47.4 Å². The first-order valence-corrected chi connectivity index (χ1v) is 8.64. The molecule has 0 radical (unpaired) electrons. The van der Waals surface area contributed by atoms with E-state index in [4.69, 9.17) is 0 Å². The van der Waals surface area contributed by atoms with Crippen LogP contribution in [0.5, 0.6) is 0 Å². The van der Waals surface area contributed by atoms with E-state index >= 15 is 0 Å². The number of anilines is 1. The molecule has 0 saturated carbocycles. The highest BCUT2D eigenvalue weighted by Gasteiger charge is 2.34. The number of carboxylic acids is 1. The van der Waals surface area contributed by atoms with Crippen LogP contribution >= 0.6 is 11.3 Å². The van der Waals surface area contributed by atoms with Gasteiger partial charge < -0.3 is 10.4 Å². The average molecular weight is 342 g/mol. The third kappa shape index (κ3) is 3.54. The van der Waals surface area contributed by atoms with Gasteiger partial charge >= 0.3 is 5.97 Å². The monoisotopic (exact) mass is 342 g/mol. The van der Waals surface area contributed by atoms with Crippen molar-refractivity contribution in [1.29, 1.82) is 0 Å². The van der Waals surface area contributed by atoms with Gasteiger partial charge in [0, 0.05) is 10.9 Å². The summed E-state index contributed by atoms with van der Waals surface area (Å²) in [6, 6.07) is 8.00. The molecule has 124 valence electrons. The van der Waals surface area contributed by atoms with E-state index in [-0.39, 0.29) is 5.91 Å². The summed E-state index contributed by atoms with van der Waals surface area (Å²) in [7, 11) is 0. The summed E-state index contributed by atoms with van der Waals surface area (Å²) in [6.45, 7) is 2.02. The first-order valence-electron chi connectivity index (χ1n) is 7.76. The normalized spacial score (nSPS) is 19.9. The number of carboxylic acid groups (broad SMARTS) is 1. The maximum absolute atomic E-state index is 12.4. The average Bonchev–Trinajstić information content (AvgIpc) is 3.04. The molecule has 1 amide bonds. The van der Waals surface area contributed by atoms with Crippen LogP contribution in [0.25, 0.3) is 11.3 Å². The second-order valence-electron chi connectivity index (χ2n) is 5.89. The summed E-state index contributed by atoms with van der Waals surface area (Å²) in [5.41, 5.74) is 2.96. The topological polar surface area (TPSA) is 79.3 Å². The standard InChI is InChI=1S/C18H18N2O3S/c1-11-6-8-12(9-7-11)15-10-24-18(19-15)20-16(21)13-4-2-3-5-14(13)17(22)23/h2-3,6-10,13-14H,4-5H2,1H3,(H,22,23)(H,19,20,21)/t13-,14-/m0/s1. The Labute approximate surface area is 144 Å². The lowest BCUT2D eigenvalue weighted by atomic mass is 9.82. The Hall–Kier alpha value is -2.47. The number of aliphatic carboxylic acids is 1. The Balaban J connectivity index is 1.72. The number of nitrogens with zero attached hydrogens (tertiary/aromatic N) is 1. The van der Waals surface area contributed by atoms with E-state index in [1.54, 1.807) is 0 Å². The van der Waals surface area contributed by atoms with Crippen molar-refractivity contribution in [1.82, 2.24) is 4.98 Å². The number of thiazole rings is 1. The highest BCUT2D eigenvalue weighted by atomic mass is 32.1. The molecule has 1 aliphatic rings. The summed E-state index contributed by atoms with van der Waals surface area (Å²) < 4.78 is 0. The molecule has 6 heteroatoms. The van der Waals surface area contributed by atoms with Gasteiger partial charge in [0.15, 0.2) is 5.13 Å². The van der Waals surface area contributed by atoms with E-state index in [1.165, 1.54) is 16.9 Å². The zero-order valence-corrected chi connectivity index (χ0v) is 14.0. The lowest BCUT2D eigenvalue weighted by Gasteiger charge is -2.23. The van der Waals surface area contributed by atoms with Crippen LogP contribution in [0.4, 0.5) is 5.13 Å². The number of amides is 1. The Morgan fingerprint density at radius 2 is 1.83 bits per heavy atom. The van der Waals surface area contributed by atoms with Crippen molar-refractivity contribution in [3.8, 4) is 11.3 Å². The molecule has 0 saturated heterocycles. The van der Waals surface area contributed by atoms with Crippen molar-refractivity contribution in [2.45, 2.75) is 19.8 Å². The largest absolute Gasteiger partial charge is 0.481 e. The first-order chi connectivity index (χ1) is 11.5. The van der Waals surface area contributed by atoms with Gasteiger partial charge in [0.05, 0.1) is 17.5 Å². The summed E-state index contributed by atoms with van der Waals surface area (Å²) in [6.07, 6.45) is 4.52. The van der Waals surface area contributed by atoms with Crippen LogP contribution in [-0.4, -0.2) is 22.0 Å². The predicted octanol–water partition coefficient (Wildman–Crippen LogP) is 3.72. The number of hydrogen-bond acceptors (Lipinski definition) is 4. The van der Waals surface area contributed by atoms with Gasteiger partial charge in [-0.05, 0) is 19.8 Å². The van der Waals surface area contributed by atoms with Crippen LogP contribution in [0.15, 0.2) is 41.8 Å². The molecule has 5 nitrogen and oxygen atoms in total. The number of benzene rings is 1. The van der Waals surface area contributed by atoms with Crippen LogP contribution in [0, 0.1) is 18.8 Å². The number of aryl methyl sites for hydroxylation is 1. The minimum Gasteiger partial charge on any atom is -0.481 e. The fourth-order valence-electron chi connectivity index (χ4n) is 2.76. The summed E-state index contributed by atoms with van der Waals surface area (Å²) >= 11 is 1.34. The number of carbonyl (C=O) groups is 2. The Morgan fingerprint density at radius 3 is 2.50 bits per heavy atom. The molecular formula is C18H18N2O3S.